The molecule has 0 aliphatic heterocycles. The number of aromatic carboxylic acids is 1. The Morgan fingerprint density at radius 2 is 2.17 bits per heavy atom. The molecular formula is C11H17N3O4. The average molecular weight is 255 g/mol. The molecule has 0 aromatic carbocycles. The molecule has 18 heavy (non-hydrogen) atoms. The van der Waals surface area contributed by atoms with Crippen LogP contribution in [0, 0.1) is 0 Å². The van der Waals surface area contributed by atoms with Crippen LogP contribution in [0.4, 0.5) is 4.79 Å². The van der Waals surface area contributed by atoms with Crippen LogP contribution in [0.3, 0.4) is 0 Å². The van der Waals surface area contributed by atoms with Crippen molar-refractivity contribution < 1.29 is 19.4 Å². The minimum atomic E-state index is -1.08. The first-order valence-electron chi connectivity index (χ1n) is 5.51. The zero-order valence-electron chi connectivity index (χ0n) is 10.6. The third kappa shape index (κ3) is 4.86. The number of alkyl carbamates (subject to hydrolysis) is 1. The molecule has 0 unspecified atom stereocenters. The second-order valence-corrected chi connectivity index (χ2v) is 4.70. The van der Waals surface area contributed by atoms with E-state index in [9.17, 15) is 9.59 Å². The van der Waals surface area contributed by atoms with Crippen LogP contribution >= 0.6 is 0 Å². The maximum Gasteiger partial charge on any atom is 0.407 e. The molecule has 0 spiro atoms. The fourth-order valence-corrected chi connectivity index (χ4v) is 1.19. The third-order valence-electron chi connectivity index (χ3n) is 1.87. The van der Waals surface area contributed by atoms with E-state index >= 15 is 0 Å². The molecule has 0 atom stereocenters. The highest BCUT2D eigenvalue weighted by Crippen LogP contribution is 2.06. The van der Waals surface area contributed by atoms with E-state index < -0.39 is 17.7 Å². The molecule has 7 heteroatoms. The predicted octanol–water partition coefficient (Wildman–Crippen LogP) is 1.11. The number of hydrogen-bond acceptors (Lipinski definition) is 4. The summed E-state index contributed by atoms with van der Waals surface area (Å²) in [5.41, 5.74) is -0.557. The van der Waals surface area contributed by atoms with E-state index in [1.165, 1.54) is 10.7 Å². The zero-order chi connectivity index (χ0) is 13.8. The van der Waals surface area contributed by atoms with Crippen LogP contribution in [0.1, 0.15) is 31.3 Å². The van der Waals surface area contributed by atoms with Crippen molar-refractivity contribution in [3.05, 3.63) is 18.0 Å². The second-order valence-electron chi connectivity index (χ2n) is 4.70. The lowest BCUT2D eigenvalue weighted by atomic mass is 10.2. The normalized spacial score (nSPS) is 11.1. The van der Waals surface area contributed by atoms with Gasteiger partial charge in [0.05, 0.1) is 6.54 Å². The average Bonchev–Trinajstić information content (AvgIpc) is 2.63. The Morgan fingerprint density at radius 1 is 1.50 bits per heavy atom. The number of carbonyl (C=O) groups is 2. The third-order valence-corrected chi connectivity index (χ3v) is 1.87. The van der Waals surface area contributed by atoms with Crippen molar-refractivity contribution in [1.82, 2.24) is 15.1 Å². The lowest BCUT2D eigenvalue weighted by molar-refractivity contribution is 0.0524. The molecule has 2 N–H and O–H groups in total. The summed E-state index contributed by atoms with van der Waals surface area (Å²) in [7, 11) is 0. The molecule has 0 bridgehead atoms. The smallest absolute Gasteiger partial charge is 0.407 e. The Balaban J connectivity index is 2.33. The van der Waals surface area contributed by atoms with Gasteiger partial charge < -0.3 is 15.2 Å². The van der Waals surface area contributed by atoms with Crippen molar-refractivity contribution in [2.24, 2.45) is 0 Å². The number of nitrogens with one attached hydrogen (secondary N) is 1. The fourth-order valence-electron chi connectivity index (χ4n) is 1.19. The van der Waals surface area contributed by atoms with E-state index in [0.717, 1.165) is 0 Å². The van der Waals surface area contributed by atoms with Gasteiger partial charge in [0.2, 0.25) is 0 Å². The highest BCUT2D eigenvalue weighted by Gasteiger charge is 2.15. The Bertz CT molecular complexity index is 434. The summed E-state index contributed by atoms with van der Waals surface area (Å²) >= 11 is 0. The van der Waals surface area contributed by atoms with Crippen LogP contribution in [0.5, 0.6) is 0 Å². The van der Waals surface area contributed by atoms with Crippen molar-refractivity contribution >= 4 is 12.1 Å². The molecule has 0 radical (unpaired) electrons. The second kappa shape index (κ2) is 5.52. The van der Waals surface area contributed by atoms with Crippen molar-refractivity contribution in [3.8, 4) is 0 Å². The molecule has 0 saturated heterocycles. The first-order valence-corrected chi connectivity index (χ1v) is 5.51. The molecule has 7 nitrogen and oxygen atoms in total. The van der Waals surface area contributed by atoms with Gasteiger partial charge in [0.15, 0.2) is 5.69 Å². The minimum absolute atomic E-state index is 0.0210. The van der Waals surface area contributed by atoms with E-state index in [0.29, 0.717) is 13.1 Å². The van der Waals surface area contributed by atoms with Gasteiger partial charge >= 0.3 is 12.1 Å². The molecule has 1 heterocycles. The molecule has 1 aromatic rings. The first-order chi connectivity index (χ1) is 8.28. The predicted molar refractivity (Wildman–Crippen MR) is 63.4 cm³/mol. The van der Waals surface area contributed by atoms with Gasteiger partial charge in [-0.15, -0.1) is 0 Å². The van der Waals surface area contributed by atoms with E-state index in [1.807, 2.05) is 0 Å². The summed E-state index contributed by atoms with van der Waals surface area (Å²) in [4.78, 5) is 21.9. The van der Waals surface area contributed by atoms with E-state index in [1.54, 1.807) is 27.0 Å². The molecule has 0 aliphatic carbocycles. The van der Waals surface area contributed by atoms with Crippen molar-refractivity contribution in [2.75, 3.05) is 6.54 Å². The molecular weight excluding hydrogens is 238 g/mol. The number of ether oxygens (including phenoxy) is 1. The van der Waals surface area contributed by atoms with E-state index in [4.69, 9.17) is 9.84 Å². The minimum Gasteiger partial charge on any atom is -0.476 e. The SMILES string of the molecule is CC(C)(C)OC(=O)NCCn1ccc(C(=O)O)n1. The Kier molecular flexibility index (Phi) is 4.30. The van der Waals surface area contributed by atoms with E-state index in [-0.39, 0.29) is 5.69 Å². The van der Waals surface area contributed by atoms with Gasteiger partial charge in [0, 0.05) is 12.7 Å². The van der Waals surface area contributed by atoms with Crippen molar-refractivity contribution in [2.45, 2.75) is 32.9 Å². The quantitative estimate of drug-likeness (QED) is 0.840. The molecule has 0 fully saturated rings. The largest absolute Gasteiger partial charge is 0.476 e. The Labute approximate surface area is 105 Å². The molecule has 0 aliphatic rings. The van der Waals surface area contributed by atoms with Crippen LogP contribution in [0.15, 0.2) is 12.3 Å². The van der Waals surface area contributed by atoms with Crippen molar-refractivity contribution in [3.63, 3.8) is 0 Å². The summed E-state index contributed by atoms with van der Waals surface area (Å²) in [6.45, 7) is 6.03. The highest BCUT2D eigenvalue weighted by atomic mass is 16.6. The first kappa shape index (κ1) is 14.0. The summed E-state index contributed by atoms with van der Waals surface area (Å²) < 4.78 is 6.49. The summed E-state index contributed by atoms with van der Waals surface area (Å²) in [6.07, 6.45) is 1.04. The van der Waals surface area contributed by atoms with Gasteiger partial charge in [0.1, 0.15) is 5.60 Å². The Hall–Kier alpha value is -2.05. The monoisotopic (exact) mass is 255 g/mol. The topological polar surface area (TPSA) is 93.5 Å². The van der Waals surface area contributed by atoms with Crippen LogP contribution in [-0.2, 0) is 11.3 Å². The summed E-state index contributed by atoms with van der Waals surface area (Å²) in [5, 5.41) is 15.0. The van der Waals surface area contributed by atoms with E-state index in [2.05, 4.69) is 10.4 Å². The van der Waals surface area contributed by atoms with Crippen LogP contribution < -0.4 is 5.32 Å². The summed E-state index contributed by atoms with van der Waals surface area (Å²) in [6, 6.07) is 1.40. The van der Waals surface area contributed by atoms with Crippen LogP contribution in [0.25, 0.3) is 0 Å². The van der Waals surface area contributed by atoms with Crippen molar-refractivity contribution in [1.29, 1.82) is 0 Å². The van der Waals surface area contributed by atoms with Crippen LogP contribution in [-0.4, -0.2) is 39.1 Å². The number of carboxylic acids is 1. The number of aromatic nitrogens is 2. The number of rotatable bonds is 4. The maximum atomic E-state index is 11.3. The zero-order valence-corrected chi connectivity index (χ0v) is 10.6. The number of carboxylic acid groups (broad SMARTS) is 1. The van der Waals surface area contributed by atoms with Crippen LogP contribution in [0.2, 0.25) is 0 Å². The Morgan fingerprint density at radius 3 is 2.67 bits per heavy atom. The number of hydrogen-bond donors (Lipinski definition) is 2. The van der Waals surface area contributed by atoms with Gasteiger partial charge in [-0.3, -0.25) is 4.68 Å². The standard InChI is InChI=1S/C11H17N3O4/c1-11(2,3)18-10(17)12-5-7-14-6-4-8(13-14)9(15)16/h4,6H,5,7H2,1-3H3,(H,12,17)(H,15,16). The molecule has 0 saturated carbocycles. The molecule has 100 valence electrons. The number of carbonyl (C=O) groups excluding carboxylic acids is 1. The molecule has 1 rings (SSSR count). The highest BCUT2D eigenvalue weighted by molar-refractivity contribution is 5.85. The fraction of sp³-hybridized carbons (Fsp3) is 0.545. The van der Waals surface area contributed by atoms with Gasteiger partial charge in [-0.05, 0) is 26.8 Å². The molecule has 1 aromatic heterocycles. The maximum absolute atomic E-state index is 11.3. The number of amides is 1. The summed E-state index contributed by atoms with van der Waals surface area (Å²) in [5.74, 6) is -1.08. The van der Waals surface area contributed by atoms with Gasteiger partial charge in [-0.25, -0.2) is 9.59 Å². The lowest BCUT2D eigenvalue weighted by Gasteiger charge is -2.19. The van der Waals surface area contributed by atoms with Gasteiger partial charge in [-0.2, -0.15) is 5.10 Å². The van der Waals surface area contributed by atoms with Gasteiger partial charge in [0.25, 0.3) is 0 Å². The van der Waals surface area contributed by atoms with Gasteiger partial charge in [-0.1, -0.05) is 0 Å². The number of nitrogens with zero attached hydrogens (tertiary/aromatic N) is 2. The lowest BCUT2D eigenvalue weighted by Crippen LogP contribution is -2.34. The molecule has 1 amide bonds.